The maximum absolute atomic E-state index is 14.0. The number of halogens is 4. The molecule has 1 fully saturated rings. The molecule has 21 heavy (non-hydrogen) atoms. The molecule has 8 heteroatoms. The van der Waals surface area contributed by atoms with Crippen molar-refractivity contribution < 1.29 is 23.4 Å². The van der Waals surface area contributed by atoms with E-state index in [0.717, 1.165) is 12.1 Å². The van der Waals surface area contributed by atoms with Crippen LogP contribution >= 0.6 is 12.4 Å². The van der Waals surface area contributed by atoms with Crippen molar-refractivity contribution in [3.05, 3.63) is 29.6 Å². The summed E-state index contributed by atoms with van der Waals surface area (Å²) in [6.07, 6.45) is 0. The van der Waals surface area contributed by atoms with Crippen molar-refractivity contribution in [3.63, 3.8) is 0 Å². The number of alkyl halides is 2. The van der Waals surface area contributed by atoms with Crippen molar-refractivity contribution in [2.24, 2.45) is 0 Å². The molecule has 0 aromatic heterocycles. The van der Waals surface area contributed by atoms with Gasteiger partial charge in [-0.1, -0.05) is 6.07 Å². The van der Waals surface area contributed by atoms with E-state index in [2.05, 4.69) is 5.32 Å². The van der Waals surface area contributed by atoms with Gasteiger partial charge >= 0.3 is 0 Å². The molecule has 1 heterocycles. The summed E-state index contributed by atoms with van der Waals surface area (Å²) in [4.78, 5) is 1.51. The van der Waals surface area contributed by atoms with E-state index in [9.17, 15) is 13.2 Å². The van der Waals surface area contributed by atoms with Crippen LogP contribution in [-0.4, -0.2) is 53.8 Å². The minimum atomic E-state index is -3.39. The molecule has 0 radical (unpaired) electrons. The molecule has 0 spiro atoms. The molecule has 0 saturated carbocycles. The van der Waals surface area contributed by atoms with E-state index >= 15 is 0 Å². The molecular weight excluding hydrogens is 309 g/mol. The Morgan fingerprint density at radius 1 is 1.29 bits per heavy atom. The zero-order valence-electron chi connectivity index (χ0n) is 11.2. The first kappa shape index (κ1) is 18.0. The summed E-state index contributed by atoms with van der Waals surface area (Å²) in [5, 5.41) is 21.2. The summed E-state index contributed by atoms with van der Waals surface area (Å²) in [5.41, 5.74) is 0.0428. The minimum absolute atomic E-state index is 0. The van der Waals surface area contributed by atoms with Gasteiger partial charge in [-0.15, -0.1) is 12.4 Å². The van der Waals surface area contributed by atoms with E-state index < -0.39 is 30.1 Å². The lowest BCUT2D eigenvalue weighted by Crippen LogP contribution is -2.51. The number of hydrogen-bond acceptors (Lipinski definition) is 4. The molecule has 1 saturated heterocycles. The second-order valence-corrected chi connectivity index (χ2v) is 4.82. The molecule has 0 bridgehead atoms. The Hall–Kier alpha value is -1.02. The van der Waals surface area contributed by atoms with Crippen LogP contribution in [0.1, 0.15) is 11.6 Å². The Labute approximate surface area is 127 Å². The molecule has 2 rings (SSSR count). The quantitative estimate of drug-likeness (QED) is 0.785. The highest BCUT2D eigenvalue weighted by atomic mass is 35.5. The van der Waals surface area contributed by atoms with Gasteiger partial charge in [-0.25, -0.2) is 13.2 Å². The number of aliphatic hydroxyl groups is 1. The molecule has 0 amide bonds. The number of rotatable bonds is 4. The van der Waals surface area contributed by atoms with Gasteiger partial charge in [0.25, 0.3) is 5.92 Å². The summed E-state index contributed by atoms with van der Waals surface area (Å²) < 4.78 is 41.5. The van der Waals surface area contributed by atoms with Gasteiger partial charge in [0.1, 0.15) is 12.6 Å². The fourth-order valence-electron chi connectivity index (χ4n) is 2.44. The van der Waals surface area contributed by atoms with E-state index in [1.54, 1.807) is 0 Å². The van der Waals surface area contributed by atoms with Gasteiger partial charge < -0.3 is 15.5 Å². The van der Waals surface area contributed by atoms with Crippen molar-refractivity contribution in [2.75, 3.05) is 32.8 Å². The van der Waals surface area contributed by atoms with Crippen LogP contribution in [0.4, 0.5) is 13.2 Å². The van der Waals surface area contributed by atoms with Gasteiger partial charge in [-0.3, -0.25) is 4.90 Å². The molecule has 1 aliphatic rings. The lowest BCUT2D eigenvalue weighted by Gasteiger charge is -2.38. The largest absolute Gasteiger partial charge is 0.505 e. The van der Waals surface area contributed by atoms with Gasteiger partial charge in [-0.2, -0.15) is 0 Å². The number of nitrogens with one attached hydrogen (secondary N) is 1. The highest BCUT2D eigenvalue weighted by Crippen LogP contribution is 2.37. The molecular formula is C13H18ClF3N2O2. The van der Waals surface area contributed by atoms with E-state index in [1.807, 2.05) is 0 Å². The number of aromatic hydroxyl groups is 1. The van der Waals surface area contributed by atoms with Crippen LogP contribution < -0.4 is 5.32 Å². The normalized spacial score (nSPS) is 18.1. The summed E-state index contributed by atoms with van der Waals surface area (Å²) >= 11 is 0. The number of benzene rings is 1. The Balaban J connectivity index is 0.00000220. The topological polar surface area (TPSA) is 55.7 Å². The van der Waals surface area contributed by atoms with Crippen molar-refractivity contribution in [1.29, 1.82) is 0 Å². The molecule has 120 valence electrons. The molecule has 3 N–H and O–H groups in total. The first-order valence-electron chi connectivity index (χ1n) is 6.37. The summed E-state index contributed by atoms with van der Waals surface area (Å²) in [6.45, 7) is 0.548. The van der Waals surface area contributed by atoms with Gasteiger partial charge in [-0.05, 0) is 17.7 Å². The molecule has 4 nitrogen and oxygen atoms in total. The molecule has 1 aromatic rings. The van der Waals surface area contributed by atoms with Gasteiger partial charge in [0.2, 0.25) is 0 Å². The molecule has 1 aliphatic heterocycles. The van der Waals surface area contributed by atoms with E-state index in [1.165, 1.54) is 11.0 Å². The maximum atomic E-state index is 14.0. The van der Waals surface area contributed by atoms with Crippen LogP contribution in [0.2, 0.25) is 0 Å². The Bertz CT molecular complexity index is 471. The van der Waals surface area contributed by atoms with Gasteiger partial charge in [0, 0.05) is 26.2 Å². The summed E-state index contributed by atoms with van der Waals surface area (Å²) in [5.74, 6) is -4.92. The highest BCUT2D eigenvalue weighted by molar-refractivity contribution is 5.85. The first-order chi connectivity index (χ1) is 9.45. The fraction of sp³-hybridized carbons (Fsp3) is 0.538. The van der Waals surface area contributed by atoms with Crippen molar-refractivity contribution in [3.8, 4) is 5.75 Å². The Kier molecular flexibility index (Phi) is 6.27. The number of aliphatic hydroxyl groups excluding tert-OH is 1. The predicted molar refractivity (Wildman–Crippen MR) is 74.5 cm³/mol. The predicted octanol–water partition coefficient (Wildman–Crippen LogP) is 1.53. The Morgan fingerprint density at radius 2 is 1.90 bits per heavy atom. The standard InChI is InChI=1S/C13H17F3N2O2.ClH/c14-10-7-9(1-2-11(10)20)12(13(15,16)8-19)18-5-3-17-4-6-18;/h1-2,7,12,17,19-20H,3-6,8H2;1H/t12-;/m0./s1. The van der Waals surface area contributed by atoms with Crippen molar-refractivity contribution in [1.82, 2.24) is 10.2 Å². The van der Waals surface area contributed by atoms with Crippen molar-refractivity contribution in [2.45, 2.75) is 12.0 Å². The number of phenols is 1. The van der Waals surface area contributed by atoms with E-state index in [-0.39, 0.29) is 18.0 Å². The lowest BCUT2D eigenvalue weighted by molar-refractivity contribution is -0.118. The third-order valence-corrected chi connectivity index (χ3v) is 3.42. The number of piperazine rings is 1. The van der Waals surface area contributed by atoms with Crippen LogP contribution in [0.3, 0.4) is 0 Å². The zero-order chi connectivity index (χ0) is 14.8. The average Bonchev–Trinajstić information content (AvgIpc) is 2.44. The summed E-state index contributed by atoms with van der Waals surface area (Å²) in [6, 6.07) is 1.79. The lowest BCUT2D eigenvalue weighted by atomic mass is 9.98. The summed E-state index contributed by atoms with van der Waals surface area (Å²) in [7, 11) is 0. The Morgan fingerprint density at radius 3 is 2.43 bits per heavy atom. The minimum Gasteiger partial charge on any atom is -0.505 e. The SMILES string of the molecule is Cl.OCC(F)(F)[C@H](c1ccc(O)c(F)c1)N1CCNCC1. The van der Waals surface area contributed by atoms with Gasteiger partial charge in [0.15, 0.2) is 11.6 Å². The highest BCUT2D eigenvalue weighted by Gasteiger charge is 2.44. The molecule has 0 unspecified atom stereocenters. The first-order valence-corrected chi connectivity index (χ1v) is 6.37. The third-order valence-electron chi connectivity index (χ3n) is 3.42. The van der Waals surface area contributed by atoms with Crippen LogP contribution in [0.5, 0.6) is 5.75 Å². The maximum Gasteiger partial charge on any atom is 0.289 e. The second-order valence-electron chi connectivity index (χ2n) is 4.82. The third kappa shape index (κ3) is 4.00. The van der Waals surface area contributed by atoms with Crippen molar-refractivity contribution >= 4 is 12.4 Å². The molecule has 1 atom stereocenters. The molecule has 0 aliphatic carbocycles. The number of hydrogen-bond donors (Lipinski definition) is 3. The van der Waals surface area contributed by atoms with E-state index in [0.29, 0.717) is 26.2 Å². The number of nitrogens with zero attached hydrogens (tertiary/aromatic N) is 1. The fourth-order valence-corrected chi connectivity index (χ4v) is 2.44. The molecule has 1 aromatic carbocycles. The van der Waals surface area contributed by atoms with Crippen LogP contribution in [0.15, 0.2) is 18.2 Å². The monoisotopic (exact) mass is 326 g/mol. The average molecular weight is 327 g/mol. The van der Waals surface area contributed by atoms with E-state index in [4.69, 9.17) is 10.2 Å². The number of phenolic OH excluding ortho intramolecular Hbond substituents is 1. The second kappa shape index (κ2) is 7.31. The van der Waals surface area contributed by atoms with Gasteiger partial charge in [0.05, 0.1) is 0 Å². The van der Waals surface area contributed by atoms with Crippen LogP contribution in [0.25, 0.3) is 0 Å². The smallest absolute Gasteiger partial charge is 0.289 e. The zero-order valence-corrected chi connectivity index (χ0v) is 12.0. The van der Waals surface area contributed by atoms with Crippen LogP contribution in [0, 0.1) is 5.82 Å². The van der Waals surface area contributed by atoms with Crippen LogP contribution in [-0.2, 0) is 0 Å².